The number of methoxy groups -OCH3 is 1. The Kier molecular flexibility index (Phi) is 5.48. The zero-order valence-electron chi connectivity index (χ0n) is 12.1. The van der Waals surface area contributed by atoms with E-state index in [-0.39, 0.29) is 11.7 Å². The largest absolute Gasteiger partial charge is 0.491 e. The maximum Gasteiger partial charge on any atom is 0.119 e. The molecule has 18 heavy (non-hydrogen) atoms. The molecule has 0 unspecified atom stereocenters. The highest BCUT2D eigenvalue weighted by molar-refractivity contribution is 5.46. The van der Waals surface area contributed by atoms with Gasteiger partial charge in [-0.2, -0.15) is 0 Å². The van der Waals surface area contributed by atoms with Crippen LogP contribution in [0.15, 0.2) is 24.3 Å². The molecule has 3 nitrogen and oxygen atoms in total. The molecule has 0 atom stereocenters. The molecule has 0 bridgehead atoms. The van der Waals surface area contributed by atoms with Gasteiger partial charge in [-0.25, -0.2) is 0 Å². The van der Waals surface area contributed by atoms with Gasteiger partial charge in [0.15, 0.2) is 0 Å². The molecule has 1 rings (SSSR count). The number of benzene rings is 1. The summed E-state index contributed by atoms with van der Waals surface area (Å²) in [5.41, 5.74) is 1.03. The van der Waals surface area contributed by atoms with E-state index in [1.807, 2.05) is 38.1 Å². The van der Waals surface area contributed by atoms with E-state index in [1.54, 1.807) is 7.11 Å². The summed E-state index contributed by atoms with van der Waals surface area (Å²) in [6, 6.07) is 8.06. The van der Waals surface area contributed by atoms with E-state index in [1.165, 1.54) is 0 Å². The third-order valence-electron chi connectivity index (χ3n) is 2.83. The van der Waals surface area contributed by atoms with Crippen LogP contribution in [0.1, 0.15) is 34.1 Å². The predicted octanol–water partition coefficient (Wildman–Crippen LogP) is 3.70. The number of hydrogen-bond donors (Lipinski definition) is 1. The molecule has 0 aromatic heterocycles. The van der Waals surface area contributed by atoms with Crippen LogP contribution in [0.5, 0.6) is 5.75 Å². The lowest BCUT2D eigenvalue weighted by Crippen LogP contribution is -2.25. The van der Waals surface area contributed by atoms with Crippen LogP contribution < -0.4 is 10.1 Å². The third-order valence-corrected chi connectivity index (χ3v) is 2.83. The van der Waals surface area contributed by atoms with Crippen LogP contribution in [0.2, 0.25) is 0 Å². The van der Waals surface area contributed by atoms with Crippen molar-refractivity contribution in [2.75, 3.05) is 19.0 Å². The average Bonchev–Trinajstić information content (AvgIpc) is 2.30. The van der Waals surface area contributed by atoms with Crippen molar-refractivity contribution in [1.82, 2.24) is 0 Å². The molecule has 0 aliphatic heterocycles. The fourth-order valence-electron chi connectivity index (χ4n) is 1.53. The molecule has 0 radical (unpaired) electrons. The van der Waals surface area contributed by atoms with Crippen molar-refractivity contribution in [2.45, 2.75) is 45.8 Å². The minimum absolute atomic E-state index is 0.0757. The second-order valence-electron chi connectivity index (χ2n) is 5.33. The molecule has 0 heterocycles. The van der Waals surface area contributed by atoms with Gasteiger partial charge in [0.05, 0.1) is 11.7 Å². The molecular weight excluding hydrogens is 226 g/mol. The van der Waals surface area contributed by atoms with Crippen molar-refractivity contribution in [3.63, 3.8) is 0 Å². The zero-order chi connectivity index (χ0) is 13.6. The monoisotopic (exact) mass is 251 g/mol. The summed E-state index contributed by atoms with van der Waals surface area (Å²) >= 11 is 0. The minimum atomic E-state index is -0.0757. The molecule has 0 fully saturated rings. The Morgan fingerprint density at radius 1 is 1.17 bits per heavy atom. The van der Waals surface area contributed by atoms with Crippen molar-refractivity contribution in [1.29, 1.82) is 0 Å². The summed E-state index contributed by atoms with van der Waals surface area (Å²) < 4.78 is 11.0. The Labute approximate surface area is 110 Å². The van der Waals surface area contributed by atoms with Crippen molar-refractivity contribution in [3.8, 4) is 5.75 Å². The molecule has 0 spiro atoms. The Morgan fingerprint density at radius 3 is 2.28 bits per heavy atom. The molecular formula is C15H25NO2. The maximum atomic E-state index is 5.60. The van der Waals surface area contributed by atoms with E-state index in [4.69, 9.17) is 9.47 Å². The number of nitrogens with one attached hydrogen (secondary N) is 1. The van der Waals surface area contributed by atoms with E-state index in [0.717, 1.165) is 24.4 Å². The lowest BCUT2D eigenvalue weighted by atomic mass is 10.1. The Morgan fingerprint density at radius 2 is 1.78 bits per heavy atom. The maximum absolute atomic E-state index is 5.60. The lowest BCUT2D eigenvalue weighted by Gasteiger charge is -2.23. The molecule has 1 aromatic rings. The first-order valence-corrected chi connectivity index (χ1v) is 6.49. The molecule has 0 saturated carbocycles. The quantitative estimate of drug-likeness (QED) is 0.801. The minimum Gasteiger partial charge on any atom is -0.491 e. The van der Waals surface area contributed by atoms with Gasteiger partial charge in [-0.3, -0.25) is 0 Å². The van der Waals surface area contributed by atoms with Gasteiger partial charge in [-0.1, -0.05) is 0 Å². The molecule has 1 N–H and O–H groups in total. The van der Waals surface area contributed by atoms with Gasteiger partial charge in [-0.05, 0) is 58.4 Å². The summed E-state index contributed by atoms with van der Waals surface area (Å²) in [5.74, 6) is 0.910. The van der Waals surface area contributed by atoms with Gasteiger partial charge in [-0.15, -0.1) is 0 Å². The summed E-state index contributed by atoms with van der Waals surface area (Å²) in [6.07, 6.45) is 1.18. The Bertz CT molecular complexity index is 344. The van der Waals surface area contributed by atoms with Gasteiger partial charge in [0.1, 0.15) is 5.75 Å². The highest BCUT2D eigenvalue weighted by Crippen LogP contribution is 2.18. The normalized spacial score (nSPS) is 11.7. The smallest absolute Gasteiger partial charge is 0.119 e. The zero-order valence-corrected chi connectivity index (χ0v) is 12.1. The molecule has 0 saturated heterocycles. The summed E-state index contributed by atoms with van der Waals surface area (Å²) in [6.45, 7) is 9.13. The van der Waals surface area contributed by atoms with Crippen molar-refractivity contribution in [2.24, 2.45) is 0 Å². The van der Waals surface area contributed by atoms with Crippen LogP contribution in [-0.4, -0.2) is 25.4 Å². The molecule has 102 valence electrons. The van der Waals surface area contributed by atoms with Gasteiger partial charge >= 0.3 is 0 Å². The first-order chi connectivity index (χ1) is 8.43. The Balaban J connectivity index is 2.40. The van der Waals surface area contributed by atoms with Crippen LogP contribution in [0, 0.1) is 0 Å². The average molecular weight is 251 g/mol. The van der Waals surface area contributed by atoms with E-state index in [0.29, 0.717) is 0 Å². The summed E-state index contributed by atoms with van der Waals surface area (Å²) in [7, 11) is 1.75. The number of anilines is 1. The second kappa shape index (κ2) is 6.64. The number of hydrogen-bond acceptors (Lipinski definition) is 3. The molecule has 1 aromatic carbocycles. The first-order valence-electron chi connectivity index (χ1n) is 6.49. The number of ether oxygens (including phenoxy) is 2. The van der Waals surface area contributed by atoms with Crippen molar-refractivity contribution in [3.05, 3.63) is 24.3 Å². The van der Waals surface area contributed by atoms with E-state index < -0.39 is 0 Å². The van der Waals surface area contributed by atoms with E-state index >= 15 is 0 Å². The van der Waals surface area contributed by atoms with Gasteiger partial charge in [0, 0.05) is 19.3 Å². The summed E-state index contributed by atoms with van der Waals surface area (Å²) in [4.78, 5) is 0. The van der Waals surface area contributed by atoms with Crippen molar-refractivity contribution < 1.29 is 9.47 Å². The lowest BCUT2D eigenvalue weighted by molar-refractivity contribution is 0.0185. The SMILES string of the molecule is COC(C)(C)CCNc1ccc(OC(C)C)cc1. The molecule has 0 aliphatic rings. The fourth-order valence-corrected chi connectivity index (χ4v) is 1.53. The van der Waals surface area contributed by atoms with Crippen LogP contribution in [-0.2, 0) is 4.74 Å². The third kappa shape index (κ3) is 5.41. The van der Waals surface area contributed by atoms with E-state index in [9.17, 15) is 0 Å². The van der Waals surface area contributed by atoms with Crippen LogP contribution in [0.3, 0.4) is 0 Å². The second-order valence-corrected chi connectivity index (χ2v) is 5.33. The van der Waals surface area contributed by atoms with Crippen LogP contribution >= 0.6 is 0 Å². The fraction of sp³-hybridized carbons (Fsp3) is 0.600. The topological polar surface area (TPSA) is 30.5 Å². The molecule has 0 amide bonds. The highest BCUT2D eigenvalue weighted by Gasteiger charge is 2.15. The molecule has 0 aliphatic carbocycles. The standard InChI is InChI=1S/C15H25NO2/c1-12(2)18-14-8-6-13(7-9-14)16-11-10-15(3,4)17-5/h6-9,12,16H,10-11H2,1-5H3. The van der Waals surface area contributed by atoms with Gasteiger partial charge in [0.25, 0.3) is 0 Å². The number of rotatable bonds is 7. The van der Waals surface area contributed by atoms with Gasteiger partial charge in [0.2, 0.25) is 0 Å². The van der Waals surface area contributed by atoms with Crippen LogP contribution in [0.4, 0.5) is 5.69 Å². The predicted molar refractivity (Wildman–Crippen MR) is 76.4 cm³/mol. The molecule has 3 heteroatoms. The van der Waals surface area contributed by atoms with Crippen LogP contribution in [0.25, 0.3) is 0 Å². The van der Waals surface area contributed by atoms with Crippen molar-refractivity contribution >= 4 is 5.69 Å². The first kappa shape index (κ1) is 14.8. The highest BCUT2D eigenvalue weighted by atomic mass is 16.5. The van der Waals surface area contributed by atoms with E-state index in [2.05, 4.69) is 19.2 Å². The Hall–Kier alpha value is -1.22. The van der Waals surface area contributed by atoms with Gasteiger partial charge < -0.3 is 14.8 Å². The summed E-state index contributed by atoms with van der Waals surface area (Å²) in [5, 5.41) is 3.38.